The van der Waals surface area contributed by atoms with Crippen molar-refractivity contribution in [2.24, 2.45) is 0 Å². The third kappa shape index (κ3) is 3.37. The summed E-state index contributed by atoms with van der Waals surface area (Å²) in [5.41, 5.74) is 1.67. The minimum Gasteiger partial charge on any atom is -0.454 e. The third-order valence-corrected chi connectivity index (χ3v) is 5.87. The summed E-state index contributed by atoms with van der Waals surface area (Å²) in [5, 5.41) is 0. The van der Waals surface area contributed by atoms with Gasteiger partial charge in [-0.1, -0.05) is 0 Å². The van der Waals surface area contributed by atoms with E-state index in [0.29, 0.717) is 17.2 Å². The smallest absolute Gasteiger partial charge is 0.262 e. The molecular weight excluding hydrogens is 340 g/mol. The SMILES string of the molecule is O=S(=O)(Nc1ccc(N2CCCCC2)cc1)c1ccc2c(c1)OCO2. The van der Waals surface area contributed by atoms with Crippen molar-refractivity contribution in [2.45, 2.75) is 24.2 Å². The number of nitrogens with one attached hydrogen (secondary N) is 1. The van der Waals surface area contributed by atoms with Gasteiger partial charge in [0.2, 0.25) is 6.79 Å². The van der Waals surface area contributed by atoms with Crippen LogP contribution in [0.25, 0.3) is 0 Å². The lowest BCUT2D eigenvalue weighted by molar-refractivity contribution is 0.174. The summed E-state index contributed by atoms with van der Waals surface area (Å²) in [6.07, 6.45) is 3.70. The number of hydrogen-bond acceptors (Lipinski definition) is 5. The lowest BCUT2D eigenvalue weighted by atomic mass is 10.1. The summed E-state index contributed by atoms with van der Waals surface area (Å²) in [5.74, 6) is 1.01. The van der Waals surface area contributed by atoms with Crippen LogP contribution in [0.1, 0.15) is 19.3 Å². The standard InChI is InChI=1S/C18H20N2O4S/c21-25(22,16-8-9-17-18(12-16)24-13-23-17)19-14-4-6-15(7-5-14)20-10-2-1-3-11-20/h4-9,12,19H,1-3,10-11,13H2. The van der Waals surface area contributed by atoms with Gasteiger partial charge in [-0.25, -0.2) is 8.42 Å². The Morgan fingerprint density at radius 2 is 1.60 bits per heavy atom. The Morgan fingerprint density at radius 3 is 2.36 bits per heavy atom. The molecule has 0 spiro atoms. The molecule has 2 aromatic rings. The normalized spacial score (nSPS) is 16.7. The zero-order chi connectivity index (χ0) is 17.3. The van der Waals surface area contributed by atoms with Crippen LogP contribution >= 0.6 is 0 Å². The summed E-state index contributed by atoms with van der Waals surface area (Å²) >= 11 is 0. The van der Waals surface area contributed by atoms with Gasteiger partial charge in [-0.3, -0.25) is 4.72 Å². The van der Waals surface area contributed by atoms with E-state index in [1.165, 1.54) is 31.4 Å². The second kappa shape index (κ2) is 6.48. The summed E-state index contributed by atoms with van der Waals surface area (Å²) in [6, 6.07) is 12.1. The molecule has 1 N–H and O–H groups in total. The Balaban J connectivity index is 1.50. The van der Waals surface area contributed by atoms with Gasteiger partial charge in [-0.15, -0.1) is 0 Å². The summed E-state index contributed by atoms with van der Waals surface area (Å²) < 4.78 is 38.2. The fraction of sp³-hybridized carbons (Fsp3) is 0.333. The van der Waals surface area contributed by atoms with Crippen LogP contribution in [-0.4, -0.2) is 28.3 Å². The van der Waals surface area contributed by atoms with E-state index in [-0.39, 0.29) is 11.7 Å². The Hall–Kier alpha value is -2.41. The predicted molar refractivity (Wildman–Crippen MR) is 95.9 cm³/mol. The van der Waals surface area contributed by atoms with Crippen molar-refractivity contribution in [3.63, 3.8) is 0 Å². The van der Waals surface area contributed by atoms with Gasteiger partial charge in [0.1, 0.15) is 0 Å². The molecule has 0 aromatic heterocycles. The molecule has 0 saturated carbocycles. The quantitative estimate of drug-likeness (QED) is 0.907. The number of fused-ring (bicyclic) bond motifs is 1. The van der Waals surface area contributed by atoms with Crippen LogP contribution in [0.3, 0.4) is 0 Å². The summed E-state index contributed by atoms with van der Waals surface area (Å²) in [4.78, 5) is 2.48. The lowest BCUT2D eigenvalue weighted by Crippen LogP contribution is -2.29. The van der Waals surface area contributed by atoms with Crippen LogP contribution in [0.2, 0.25) is 0 Å². The summed E-state index contributed by atoms with van der Waals surface area (Å²) in [7, 11) is -3.67. The highest BCUT2D eigenvalue weighted by molar-refractivity contribution is 7.92. The maximum Gasteiger partial charge on any atom is 0.262 e. The number of sulfonamides is 1. The van der Waals surface area contributed by atoms with E-state index in [0.717, 1.165) is 18.8 Å². The molecule has 4 rings (SSSR count). The van der Waals surface area contributed by atoms with Crippen molar-refractivity contribution in [1.29, 1.82) is 0 Å². The Labute approximate surface area is 147 Å². The van der Waals surface area contributed by atoms with Gasteiger partial charge < -0.3 is 14.4 Å². The first-order valence-electron chi connectivity index (χ1n) is 8.39. The lowest BCUT2D eigenvalue weighted by Gasteiger charge is -2.28. The van der Waals surface area contributed by atoms with Crippen LogP contribution < -0.4 is 19.1 Å². The van der Waals surface area contributed by atoms with E-state index >= 15 is 0 Å². The second-order valence-corrected chi connectivity index (χ2v) is 7.90. The molecule has 7 heteroatoms. The highest BCUT2D eigenvalue weighted by Crippen LogP contribution is 2.34. The van der Waals surface area contributed by atoms with E-state index in [4.69, 9.17) is 9.47 Å². The van der Waals surface area contributed by atoms with Crippen LogP contribution in [-0.2, 0) is 10.0 Å². The molecule has 25 heavy (non-hydrogen) atoms. The molecule has 0 unspecified atom stereocenters. The molecule has 2 heterocycles. The van der Waals surface area contributed by atoms with Crippen molar-refractivity contribution in [2.75, 3.05) is 29.5 Å². The number of benzene rings is 2. The summed E-state index contributed by atoms with van der Waals surface area (Å²) in [6.45, 7) is 2.23. The van der Waals surface area contributed by atoms with E-state index < -0.39 is 10.0 Å². The average molecular weight is 360 g/mol. The van der Waals surface area contributed by atoms with Crippen molar-refractivity contribution >= 4 is 21.4 Å². The molecule has 132 valence electrons. The molecule has 2 aromatic carbocycles. The Morgan fingerprint density at radius 1 is 0.880 bits per heavy atom. The second-order valence-electron chi connectivity index (χ2n) is 6.22. The monoisotopic (exact) mass is 360 g/mol. The van der Waals surface area contributed by atoms with Gasteiger partial charge in [-0.05, 0) is 55.7 Å². The zero-order valence-electron chi connectivity index (χ0n) is 13.8. The predicted octanol–water partition coefficient (Wildman–Crippen LogP) is 3.21. The molecule has 2 aliphatic rings. The highest BCUT2D eigenvalue weighted by Gasteiger charge is 2.20. The van der Waals surface area contributed by atoms with Crippen molar-refractivity contribution in [1.82, 2.24) is 0 Å². The third-order valence-electron chi connectivity index (χ3n) is 4.50. The highest BCUT2D eigenvalue weighted by atomic mass is 32.2. The number of hydrogen-bond donors (Lipinski definition) is 1. The molecule has 6 nitrogen and oxygen atoms in total. The van der Waals surface area contributed by atoms with E-state index in [1.807, 2.05) is 12.1 Å². The molecule has 0 amide bonds. The van der Waals surface area contributed by atoms with Crippen LogP contribution in [0.15, 0.2) is 47.4 Å². The van der Waals surface area contributed by atoms with E-state index in [1.54, 1.807) is 18.2 Å². The topological polar surface area (TPSA) is 67.9 Å². The number of ether oxygens (including phenoxy) is 2. The van der Waals surface area contributed by atoms with Crippen molar-refractivity contribution in [3.05, 3.63) is 42.5 Å². The maximum absolute atomic E-state index is 12.6. The van der Waals surface area contributed by atoms with Gasteiger partial charge in [0.05, 0.1) is 4.90 Å². The first-order valence-corrected chi connectivity index (χ1v) is 9.88. The van der Waals surface area contributed by atoms with Gasteiger partial charge in [0.25, 0.3) is 10.0 Å². The molecule has 0 aliphatic carbocycles. The molecule has 0 bridgehead atoms. The van der Waals surface area contributed by atoms with Crippen LogP contribution in [0.5, 0.6) is 11.5 Å². The number of rotatable bonds is 4. The Bertz CT molecular complexity index is 859. The van der Waals surface area contributed by atoms with Crippen LogP contribution in [0, 0.1) is 0 Å². The van der Waals surface area contributed by atoms with Gasteiger partial charge in [0, 0.05) is 30.5 Å². The van der Waals surface area contributed by atoms with E-state index in [2.05, 4.69) is 9.62 Å². The number of anilines is 2. The van der Waals surface area contributed by atoms with Gasteiger partial charge in [0.15, 0.2) is 11.5 Å². The van der Waals surface area contributed by atoms with Gasteiger partial charge >= 0.3 is 0 Å². The maximum atomic E-state index is 12.6. The van der Waals surface area contributed by atoms with E-state index in [9.17, 15) is 8.42 Å². The molecule has 0 radical (unpaired) electrons. The minimum atomic E-state index is -3.67. The number of piperidine rings is 1. The molecule has 2 aliphatic heterocycles. The Kier molecular flexibility index (Phi) is 4.17. The fourth-order valence-corrected chi connectivity index (χ4v) is 4.22. The first kappa shape index (κ1) is 16.1. The molecular formula is C18H20N2O4S. The first-order chi connectivity index (χ1) is 12.1. The minimum absolute atomic E-state index is 0.115. The largest absolute Gasteiger partial charge is 0.454 e. The molecule has 0 atom stereocenters. The zero-order valence-corrected chi connectivity index (χ0v) is 14.6. The molecule has 1 fully saturated rings. The van der Waals surface area contributed by atoms with Crippen molar-refractivity contribution in [3.8, 4) is 11.5 Å². The average Bonchev–Trinajstić information content (AvgIpc) is 3.10. The molecule has 1 saturated heterocycles. The van der Waals surface area contributed by atoms with Crippen molar-refractivity contribution < 1.29 is 17.9 Å². The number of nitrogens with zero attached hydrogens (tertiary/aromatic N) is 1. The fourth-order valence-electron chi connectivity index (χ4n) is 3.15. The van der Waals surface area contributed by atoms with Crippen LogP contribution in [0.4, 0.5) is 11.4 Å². The van der Waals surface area contributed by atoms with Gasteiger partial charge in [-0.2, -0.15) is 0 Å².